The van der Waals surface area contributed by atoms with Crippen LogP contribution in [0.2, 0.25) is 0 Å². The molecule has 0 radical (unpaired) electrons. The van der Waals surface area contributed by atoms with Gasteiger partial charge in [0, 0.05) is 11.8 Å². The van der Waals surface area contributed by atoms with E-state index in [1.165, 1.54) is 17.8 Å². The fourth-order valence-corrected chi connectivity index (χ4v) is 1.68. The van der Waals surface area contributed by atoms with Gasteiger partial charge in [-0.3, -0.25) is 4.79 Å². The van der Waals surface area contributed by atoms with Gasteiger partial charge in [0.2, 0.25) is 0 Å². The van der Waals surface area contributed by atoms with Crippen molar-refractivity contribution < 1.29 is 0 Å². The highest BCUT2D eigenvalue weighted by Gasteiger charge is 2.00. The van der Waals surface area contributed by atoms with Gasteiger partial charge in [-0.1, -0.05) is 30.8 Å². The summed E-state index contributed by atoms with van der Waals surface area (Å²) in [5, 5.41) is 0.546. The van der Waals surface area contributed by atoms with Crippen molar-refractivity contribution in [3.8, 4) is 0 Å². The summed E-state index contributed by atoms with van der Waals surface area (Å²) in [6.45, 7) is 5.90. The molecule has 76 valence electrons. The van der Waals surface area contributed by atoms with Gasteiger partial charge in [0.25, 0.3) is 5.56 Å². The second-order valence-corrected chi connectivity index (χ2v) is 3.83. The molecule has 0 saturated carbocycles. The molecule has 3 N–H and O–H groups in total. The Hall–Kier alpha value is -1.23. The standard InChI is InChI=1S/C9H13N3OS/c1-3-6(2)5-14-9-11-7(10)4-8(13)12-9/h4H,2-3,5H2,1H3,(H3,10,11,12,13). The third-order valence-electron chi connectivity index (χ3n) is 1.65. The lowest BCUT2D eigenvalue weighted by Crippen LogP contribution is -2.09. The van der Waals surface area contributed by atoms with Crippen LogP contribution < -0.4 is 11.3 Å². The molecule has 0 aliphatic rings. The molecule has 0 fully saturated rings. The summed E-state index contributed by atoms with van der Waals surface area (Å²) in [4.78, 5) is 17.6. The van der Waals surface area contributed by atoms with Gasteiger partial charge >= 0.3 is 0 Å². The maximum absolute atomic E-state index is 11.0. The molecule has 0 aliphatic heterocycles. The smallest absolute Gasteiger partial charge is 0.253 e. The van der Waals surface area contributed by atoms with E-state index in [1.807, 2.05) is 6.92 Å². The van der Waals surface area contributed by atoms with Crippen LogP contribution in [0.5, 0.6) is 0 Å². The molecule has 0 aliphatic carbocycles. The number of aromatic amines is 1. The topological polar surface area (TPSA) is 71.8 Å². The predicted octanol–water partition coefficient (Wildman–Crippen LogP) is 1.41. The van der Waals surface area contributed by atoms with Gasteiger partial charge in [0.15, 0.2) is 5.16 Å². The third kappa shape index (κ3) is 3.26. The first-order chi connectivity index (χ1) is 6.61. The first kappa shape index (κ1) is 10.8. The van der Waals surface area contributed by atoms with Crippen molar-refractivity contribution in [2.75, 3.05) is 11.5 Å². The van der Waals surface area contributed by atoms with Gasteiger partial charge in [0.05, 0.1) is 0 Å². The average Bonchev–Trinajstić information content (AvgIpc) is 2.12. The van der Waals surface area contributed by atoms with Crippen LogP contribution in [0.15, 0.2) is 28.2 Å². The number of hydrogen-bond acceptors (Lipinski definition) is 4. The summed E-state index contributed by atoms with van der Waals surface area (Å²) >= 11 is 1.44. The van der Waals surface area contributed by atoms with Crippen molar-refractivity contribution in [1.82, 2.24) is 9.97 Å². The van der Waals surface area contributed by atoms with E-state index in [0.29, 0.717) is 5.16 Å². The highest BCUT2D eigenvalue weighted by Crippen LogP contribution is 2.16. The second kappa shape index (κ2) is 4.85. The zero-order valence-electron chi connectivity index (χ0n) is 8.04. The number of rotatable bonds is 4. The largest absolute Gasteiger partial charge is 0.383 e. The fraction of sp³-hybridized carbons (Fsp3) is 0.333. The van der Waals surface area contributed by atoms with Crippen LogP contribution in [0.4, 0.5) is 5.82 Å². The number of hydrogen-bond donors (Lipinski definition) is 2. The van der Waals surface area contributed by atoms with E-state index in [0.717, 1.165) is 17.7 Å². The number of H-pyrrole nitrogens is 1. The van der Waals surface area contributed by atoms with Crippen molar-refractivity contribution in [3.63, 3.8) is 0 Å². The van der Waals surface area contributed by atoms with Gasteiger partial charge in [-0.15, -0.1) is 0 Å². The van der Waals surface area contributed by atoms with Crippen molar-refractivity contribution in [1.29, 1.82) is 0 Å². The molecule has 1 aromatic heterocycles. The molecule has 14 heavy (non-hydrogen) atoms. The molecule has 0 atom stereocenters. The summed E-state index contributed by atoms with van der Waals surface area (Å²) in [5.41, 5.74) is 6.32. The lowest BCUT2D eigenvalue weighted by Gasteiger charge is -2.02. The Morgan fingerprint density at radius 1 is 1.79 bits per heavy atom. The molecular formula is C9H13N3OS. The van der Waals surface area contributed by atoms with E-state index >= 15 is 0 Å². The molecule has 5 heteroatoms. The van der Waals surface area contributed by atoms with Crippen LogP contribution in [0.3, 0.4) is 0 Å². The SMILES string of the molecule is C=C(CC)CSc1nc(N)cc(=O)[nH]1. The van der Waals surface area contributed by atoms with E-state index in [2.05, 4.69) is 16.5 Å². The molecule has 0 amide bonds. The van der Waals surface area contributed by atoms with Crippen LogP contribution in [-0.4, -0.2) is 15.7 Å². The predicted molar refractivity (Wildman–Crippen MR) is 59.4 cm³/mol. The molecule has 0 bridgehead atoms. The Labute approximate surface area is 86.6 Å². The molecular weight excluding hydrogens is 198 g/mol. The maximum atomic E-state index is 11.0. The summed E-state index contributed by atoms with van der Waals surface area (Å²) in [5.74, 6) is 1.00. The second-order valence-electron chi connectivity index (χ2n) is 2.87. The Morgan fingerprint density at radius 3 is 3.07 bits per heavy atom. The quantitative estimate of drug-likeness (QED) is 0.449. The molecule has 1 heterocycles. The number of thioether (sulfide) groups is 1. The molecule has 4 nitrogen and oxygen atoms in total. The summed E-state index contributed by atoms with van der Waals surface area (Å²) in [6, 6.07) is 1.26. The van der Waals surface area contributed by atoms with E-state index in [9.17, 15) is 4.79 Å². The van der Waals surface area contributed by atoms with Crippen LogP contribution >= 0.6 is 11.8 Å². The van der Waals surface area contributed by atoms with Gasteiger partial charge < -0.3 is 10.7 Å². The van der Waals surface area contributed by atoms with Crippen molar-refractivity contribution >= 4 is 17.6 Å². The first-order valence-corrected chi connectivity index (χ1v) is 5.26. The fourth-order valence-electron chi connectivity index (χ4n) is 0.794. The number of nitrogens with zero attached hydrogens (tertiary/aromatic N) is 1. The number of aromatic nitrogens is 2. The summed E-state index contributed by atoms with van der Waals surface area (Å²) < 4.78 is 0. The Balaban J connectivity index is 2.68. The lowest BCUT2D eigenvalue weighted by atomic mass is 10.3. The van der Waals surface area contributed by atoms with E-state index in [1.54, 1.807) is 0 Å². The number of nitrogens with two attached hydrogens (primary N) is 1. The Morgan fingerprint density at radius 2 is 2.50 bits per heavy atom. The molecule has 0 saturated heterocycles. The normalized spacial score (nSPS) is 10.1. The van der Waals surface area contributed by atoms with Gasteiger partial charge in [-0.05, 0) is 6.42 Å². The maximum Gasteiger partial charge on any atom is 0.253 e. The van der Waals surface area contributed by atoms with Crippen molar-refractivity contribution in [2.45, 2.75) is 18.5 Å². The minimum absolute atomic E-state index is 0.220. The van der Waals surface area contributed by atoms with Gasteiger partial charge in [-0.2, -0.15) is 0 Å². The number of anilines is 1. The lowest BCUT2D eigenvalue weighted by molar-refractivity contribution is 0.945. The van der Waals surface area contributed by atoms with Crippen molar-refractivity contribution in [2.24, 2.45) is 0 Å². The van der Waals surface area contributed by atoms with E-state index < -0.39 is 0 Å². The van der Waals surface area contributed by atoms with Crippen LogP contribution in [-0.2, 0) is 0 Å². The van der Waals surface area contributed by atoms with Crippen LogP contribution in [0.25, 0.3) is 0 Å². The number of nitrogen functional groups attached to an aromatic ring is 1. The molecule has 1 aromatic rings. The zero-order chi connectivity index (χ0) is 10.6. The van der Waals surface area contributed by atoms with Gasteiger partial charge in [0.1, 0.15) is 5.82 Å². The monoisotopic (exact) mass is 211 g/mol. The van der Waals surface area contributed by atoms with Crippen LogP contribution in [0.1, 0.15) is 13.3 Å². The van der Waals surface area contributed by atoms with E-state index in [-0.39, 0.29) is 11.4 Å². The molecule has 0 spiro atoms. The summed E-state index contributed by atoms with van der Waals surface area (Å²) in [6.07, 6.45) is 0.930. The van der Waals surface area contributed by atoms with Crippen molar-refractivity contribution in [3.05, 3.63) is 28.6 Å². The molecule has 1 rings (SSSR count). The van der Waals surface area contributed by atoms with E-state index in [4.69, 9.17) is 5.73 Å². The van der Waals surface area contributed by atoms with Gasteiger partial charge in [-0.25, -0.2) is 4.98 Å². The molecule has 0 unspecified atom stereocenters. The Kier molecular flexibility index (Phi) is 3.76. The minimum Gasteiger partial charge on any atom is -0.383 e. The molecule has 0 aromatic carbocycles. The first-order valence-electron chi connectivity index (χ1n) is 4.28. The number of nitrogens with one attached hydrogen (secondary N) is 1. The summed E-state index contributed by atoms with van der Waals surface area (Å²) in [7, 11) is 0. The highest BCUT2D eigenvalue weighted by atomic mass is 32.2. The minimum atomic E-state index is -0.220. The highest BCUT2D eigenvalue weighted by molar-refractivity contribution is 7.99. The van der Waals surface area contributed by atoms with Crippen LogP contribution in [0, 0.1) is 0 Å². The average molecular weight is 211 g/mol. The Bertz CT molecular complexity index is 386. The third-order valence-corrected chi connectivity index (χ3v) is 2.67. The zero-order valence-corrected chi connectivity index (χ0v) is 8.86.